The molecule has 84 valence electrons. The zero-order valence-electron chi connectivity index (χ0n) is 8.04. The molecule has 0 fully saturated rings. The van der Waals surface area contributed by atoms with Crippen LogP contribution in [-0.4, -0.2) is 20.8 Å². The average Bonchev–Trinajstić information content (AvgIpc) is 2.10. The second-order valence-corrected chi connectivity index (χ2v) is 6.26. The molecule has 3 nitrogen and oxygen atoms in total. The molecule has 0 atom stereocenters. The Morgan fingerprint density at radius 3 is 2.67 bits per heavy atom. The minimum absolute atomic E-state index is 0.0208. The van der Waals surface area contributed by atoms with Crippen LogP contribution in [-0.2, 0) is 9.05 Å². The van der Waals surface area contributed by atoms with Crippen LogP contribution in [0.25, 0.3) is 0 Å². The third kappa shape index (κ3) is 4.28. The lowest BCUT2D eigenvalue weighted by Gasteiger charge is -2.08. The van der Waals surface area contributed by atoms with Gasteiger partial charge in [0.25, 0.3) is 0 Å². The summed E-state index contributed by atoms with van der Waals surface area (Å²) in [6, 6.07) is 5.20. The maximum absolute atomic E-state index is 10.6. The molecular weight excluding hydrogens is 259 g/mol. The van der Waals surface area contributed by atoms with E-state index in [2.05, 4.69) is 0 Å². The molecule has 0 saturated carbocycles. The molecule has 0 radical (unpaired) electrons. The maximum Gasteiger partial charge on any atom is 0.235 e. The van der Waals surface area contributed by atoms with Crippen molar-refractivity contribution in [2.75, 3.05) is 12.4 Å². The van der Waals surface area contributed by atoms with Crippen molar-refractivity contribution in [2.24, 2.45) is 0 Å². The first-order valence-corrected chi connectivity index (χ1v) is 7.06. The van der Waals surface area contributed by atoms with Crippen LogP contribution in [0.2, 0.25) is 5.02 Å². The van der Waals surface area contributed by atoms with E-state index in [4.69, 9.17) is 27.0 Å². The molecular formula is C9H10Cl2O3S. The standard InChI is InChI=1S/C9H10Cl2O3S/c1-7-8(10)3-2-4-9(7)14-5-6-15(11,12)13/h2-4H,5-6H2,1H3. The number of hydrogen-bond donors (Lipinski definition) is 0. The Morgan fingerprint density at radius 1 is 1.40 bits per heavy atom. The van der Waals surface area contributed by atoms with Crippen molar-refractivity contribution in [1.82, 2.24) is 0 Å². The number of benzene rings is 1. The maximum atomic E-state index is 10.6. The van der Waals surface area contributed by atoms with E-state index in [0.717, 1.165) is 5.56 Å². The van der Waals surface area contributed by atoms with Crippen molar-refractivity contribution in [1.29, 1.82) is 0 Å². The second kappa shape index (κ2) is 5.05. The monoisotopic (exact) mass is 268 g/mol. The lowest BCUT2D eigenvalue weighted by molar-refractivity contribution is 0.339. The Bertz CT molecular complexity index is 443. The van der Waals surface area contributed by atoms with Crippen molar-refractivity contribution in [2.45, 2.75) is 6.92 Å². The Labute approximate surface area is 98.4 Å². The quantitative estimate of drug-likeness (QED) is 0.789. The van der Waals surface area contributed by atoms with Gasteiger partial charge in [0.05, 0.1) is 5.75 Å². The summed E-state index contributed by atoms with van der Waals surface area (Å²) in [7, 11) is 1.53. The minimum atomic E-state index is -3.50. The fourth-order valence-electron chi connectivity index (χ4n) is 0.995. The third-order valence-corrected chi connectivity index (χ3v) is 3.33. The van der Waals surface area contributed by atoms with Crippen LogP contribution in [0.5, 0.6) is 5.75 Å². The van der Waals surface area contributed by atoms with Crippen LogP contribution in [0.15, 0.2) is 18.2 Å². The molecule has 0 N–H and O–H groups in total. The molecule has 0 aromatic heterocycles. The number of ether oxygens (including phenoxy) is 1. The van der Waals surface area contributed by atoms with Crippen molar-refractivity contribution >= 4 is 31.3 Å². The highest BCUT2D eigenvalue weighted by Gasteiger charge is 2.07. The highest BCUT2D eigenvalue weighted by atomic mass is 35.7. The molecule has 0 bridgehead atoms. The van der Waals surface area contributed by atoms with Crippen molar-refractivity contribution < 1.29 is 13.2 Å². The zero-order valence-corrected chi connectivity index (χ0v) is 10.4. The molecule has 15 heavy (non-hydrogen) atoms. The molecule has 0 heterocycles. The van der Waals surface area contributed by atoms with Crippen molar-refractivity contribution in [3.05, 3.63) is 28.8 Å². The first-order valence-electron chi connectivity index (χ1n) is 4.20. The molecule has 0 aliphatic heterocycles. The molecule has 1 aromatic carbocycles. The van der Waals surface area contributed by atoms with Gasteiger partial charge >= 0.3 is 0 Å². The lowest BCUT2D eigenvalue weighted by Crippen LogP contribution is -2.09. The van der Waals surface area contributed by atoms with Gasteiger partial charge in [0, 0.05) is 21.3 Å². The Balaban J connectivity index is 2.62. The molecule has 1 rings (SSSR count). The molecule has 0 unspecified atom stereocenters. The fourth-order valence-corrected chi connectivity index (χ4v) is 1.63. The third-order valence-electron chi connectivity index (χ3n) is 1.80. The Kier molecular flexibility index (Phi) is 4.25. The predicted molar refractivity (Wildman–Crippen MR) is 61.3 cm³/mol. The second-order valence-electron chi connectivity index (χ2n) is 2.95. The number of hydrogen-bond acceptors (Lipinski definition) is 3. The van der Waals surface area contributed by atoms with Crippen LogP contribution in [0.1, 0.15) is 5.56 Å². The summed E-state index contributed by atoms with van der Waals surface area (Å²) >= 11 is 5.86. The summed E-state index contributed by atoms with van der Waals surface area (Å²) in [5, 5.41) is 0.584. The van der Waals surface area contributed by atoms with E-state index in [1.54, 1.807) is 25.1 Å². The van der Waals surface area contributed by atoms with E-state index < -0.39 is 9.05 Å². The molecule has 0 amide bonds. The van der Waals surface area contributed by atoms with Gasteiger partial charge in [-0.1, -0.05) is 17.7 Å². The van der Waals surface area contributed by atoms with Crippen LogP contribution >= 0.6 is 22.3 Å². The molecule has 1 aromatic rings. The van der Waals surface area contributed by atoms with Gasteiger partial charge in [-0.3, -0.25) is 0 Å². The van der Waals surface area contributed by atoms with Gasteiger partial charge in [-0.25, -0.2) is 8.42 Å². The largest absolute Gasteiger partial charge is 0.492 e. The summed E-state index contributed by atoms with van der Waals surface area (Å²) < 4.78 is 26.5. The molecule has 0 spiro atoms. The summed E-state index contributed by atoms with van der Waals surface area (Å²) in [6.07, 6.45) is 0. The lowest BCUT2D eigenvalue weighted by atomic mass is 10.2. The van der Waals surface area contributed by atoms with E-state index in [1.165, 1.54) is 0 Å². The summed E-state index contributed by atoms with van der Waals surface area (Å²) in [5.74, 6) is 0.350. The molecule has 0 aliphatic carbocycles. The van der Waals surface area contributed by atoms with Gasteiger partial charge < -0.3 is 4.74 Å². The first kappa shape index (κ1) is 12.6. The van der Waals surface area contributed by atoms with Gasteiger partial charge in [0.15, 0.2) is 0 Å². The molecule has 0 aliphatic rings. The van der Waals surface area contributed by atoms with Gasteiger partial charge in [-0.05, 0) is 19.1 Å². The van der Waals surface area contributed by atoms with Crippen molar-refractivity contribution in [3.8, 4) is 5.75 Å². The normalized spacial score (nSPS) is 11.4. The topological polar surface area (TPSA) is 43.4 Å². The summed E-state index contributed by atoms with van der Waals surface area (Å²) in [4.78, 5) is 0. The summed E-state index contributed by atoms with van der Waals surface area (Å²) in [6.45, 7) is 1.82. The Morgan fingerprint density at radius 2 is 2.07 bits per heavy atom. The minimum Gasteiger partial charge on any atom is -0.492 e. The zero-order chi connectivity index (χ0) is 11.5. The van der Waals surface area contributed by atoms with Crippen LogP contribution in [0.3, 0.4) is 0 Å². The van der Waals surface area contributed by atoms with Gasteiger partial charge in [-0.2, -0.15) is 0 Å². The fraction of sp³-hybridized carbons (Fsp3) is 0.333. The van der Waals surface area contributed by atoms with E-state index in [9.17, 15) is 8.42 Å². The van der Waals surface area contributed by atoms with Crippen molar-refractivity contribution in [3.63, 3.8) is 0 Å². The summed E-state index contributed by atoms with van der Waals surface area (Å²) in [5.41, 5.74) is 0.783. The van der Waals surface area contributed by atoms with E-state index in [-0.39, 0.29) is 12.4 Å². The first-order chi connectivity index (χ1) is 6.90. The van der Waals surface area contributed by atoms with Crippen LogP contribution in [0.4, 0.5) is 0 Å². The van der Waals surface area contributed by atoms with Crippen LogP contribution in [0, 0.1) is 6.92 Å². The van der Waals surface area contributed by atoms with E-state index >= 15 is 0 Å². The number of rotatable bonds is 4. The Hall–Kier alpha value is -0.450. The highest BCUT2D eigenvalue weighted by molar-refractivity contribution is 8.13. The average molecular weight is 269 g/mol. The molecule has 6 heteroatoms. The molecule has 0 saturated heterocycles. The highest BCUT2D eigenvalue weighted by Crippen LogP contribution is 2.24. The smallest absolute Gasteiger partial charge is 0.235 e. The van der Waals surface area contributed by atoms with Gasteiger partial charge in [0.2, 0.25) is 9.05 Å². The van der Waals surface area contributed by atoms with Crippen LogP contribution < -0.4 is 4.74 Å². The SMILES string of the molecule is Cc1c(Cl)cccc1OCCS(=O)(=O)Cl. The van der Waals surface area contributed by atoms with E-state index in [0.29, 0.717) is 10.8 Å². The van der Waals surface area contributed by atoms with E-state index in [1.807, 2.05) is 0 Å². The van der Waals surface area contributed by atoms with Gasteiger partial charge in [0.1, 0.15) is 12.4 Å². The van der Waals surface area contributed by atoms with Gasteiger partial charge in [-0.15, -0.1) is 0 Å². The number of halogens is 2. The predicted octanol–water partition coefficient (Wildman–Crippen LogP) is 2.60.